The van der Waals surface area contributed by atoms with E-state index in [-0.39, 0.29) is 0 Å². The summed E-state index contributed by atoms with van der Waals surface area (Å²) in [5.74, 6) is 1.73. The second-order valence-corrected chi connectivity index (χ2v) is 5.26. The van der Waals surface area contributed by atoms with Crippen LogP contribution in [0.25, 0.3) is 0 Å². The quantitative estimate of drug-likeness (QED) is 0.863. The van der Waals surface area contributed by atoms with Crippen LogP contribution in [0.3, 0.4) is 0 Å². The van der Waals surface area contributed by atoms with Crippen molar-refractivity contribution in [3.8, 4) is 11.5 Å². The van der Waals surface area contributed by atoms with Gasteiger partial charge < -0.3 is 9.47 Å². The molecule has 108 valence electrons. The molecule has 2 aromatic carbocycles. The van der Waals surface area contributed by atoms with E-state index in [1.54, 1.807) is 7.11 Å². The molecule has 0 heterocycles. The molecular weight excluding hydrogens is 264 g/mol. The highest BCUT2D eigenvalue weighted by Gasteiger charge is 2.19. The Balaban J connectivity index is 1.83. The molecule has 1 aliphatic carbocycles. The maximum Gasteiger partial charge on any atom is 0.161 e. The maximum absolute atomic E-state index is 11.5. The first-order chi connectivity index (χ1) is 10.3. The van der Waals surface area contributed by atoms with Crippen LogP contribution in [0.5, 0.6) is 11.5 Å². The van der Waals surface area contributed by atoms with E-state index < -0.39 is 0 Å². The predicted octanol–water partition coefficient (Wildman–Crippen LogP) is 3.33. The molecule has 0 aliphatic heterocycles. The van der Waals surface area contributed by atoms with Gasteiger partial charge in [-0.25, -0.2) is 0 Å². The average Bonchev–Trinajstić information content (AvgIpc) is 2.53. The molecule has 3 nitrogen and oxygen atoms in total. The van der Waals surface area contributed by atoms with Crippen LogP contribution >= 0.6 is 0 Å². The van der Waals surface area contributed by atoms with Crippen molar-refractivity contribution in [2.24, 2.45) is 0 Å². The first-order valence-corrected chi connectivity index (χ1v) is 7.14. The molecule has 0 atom stereocenters. The van der Waals surface area contributed by atoms with Gasteiger partial charge in [0.1, 0.15) is 12.4 Å². The molecule has 0 unspecified atom stereocenters. The Bertz CT molecular complexity index is 647. The van der Waals surface area contributed by atoms with Gasteiger partial charge in [0.05, 0.1) is 7.11 Å². The first kappa shape index (κ1) is 13.7. The van der Waals surface area contributed by atoms with Gasteiger partial charge in [-0.1, -0.05) is 30.3 Å². The molecule has 21 heavy (non-hydrogen) atoms. The average molecular weight is 282 g/mol. The number of carbonyl (C=O) groups excluding carboxylic acids is 1. The summed E-state index contributed by atoms with van der Waals surface area (Å²) in [6.07, 6.45) is 1.92. The van der Waals surface area contributed by atoms with Crippen molar-refractivity contribution in [1.29, 1.82) is 0 Å². The highest BCUT2D eigenvalue weighted by Crippen LogP contribution is 2.34. The van der Waals surface area contributed by atoms with E-state index in [9.17, 15) is 4.79 Å². The van der Waals surface area contributed by atoms with Crippen LogP contribution in [0.2, 0.25) is 0 Å². The van der Waals surface area contributed by atoms with E-state index in [1.165, 1.54) is 5.56 Å². The molecule has 0 N–H and O–H groups in total. The molecule has 0 radical (unpaired) electrons. The highest BCUT2D eigenvalue weighted by atomic mass is 16.5. The Hall–Kier alpha value is -2.29. The summed E-state index contributed by atoms with van der Waals surface area (Å²) in [5.41, 5.74) is 3.38. The van der Waals surface area contributed by atoms with Crippen molar-refractivity contribution >= 4 is 5.78 Å². The third kappa shape index (κ3) is 3.07. The highest BCUT2D eigenvalue weighted by molar-refractivity contribution is 5.83. The van der Waals surface area contributed by atoms with Crippen LogP contribution in [0.4, 0.5) is 0 Å². The van der Waals surface area contributed by atoms with Crippen molar-refractivity contribution in [3.05, 3.63) is 59.2 Å². The Morgan fingerprint density at radius 1 is 1.00 bits per heavy atom. The molecule has 2 aromatic rings. The fourth-order valence-electron chi connectivity index (χ4n) is 2.62. The number of carbonyl (C=O) groups is 1. The first-order valence-electron chi connectivity index (χ1n) is 7.14. The minimum Gasteiger partial charge on any atom is -0.493 e. The Morgan fingerprint density at radius 2 is 1.76 bits per heavy atom. The second kappa shape index (κ2) is 6.00. The van der Waals surface area contributed by atoms with E-state index in [2.05, 4.69) is 0 Å². The summed E-state index contributed by atoms with van der Waals surface area (Å²) in [7, 11) is 1.63. The number of ether oxygens (including phenoxy) is 2. The van der Waals surface area contributed by atoms with Crippen LogP contribution in [-0.2, 0) is 24.2 Å². The van der Waals surface area contributed by atoms with Crippen LogP contribution in [0, 0.1) is 0 Å². The molecule has 0 saturated heterocycles. The largest absolute Gasteiger partial charge is 0.493 e. The third-order valence-corrected chi connectivity index (χ3v) is 3.78. The lowest BCUT2D eigenvalue weighted by Gasteiger charge is -2.19. The summed E-state index contributed by atoms with van der Waals surface area (Å²) >= 11 is 0. The molecule has 0 aromatic heterocycles. The summed E-state index contributed by atoms with van der Waals surface area (Å²) in [4.78, 5) is 11.5. The van der Waals surface area contributed by atoms with Crippen molar-refractivity contribution in [2.45, 2.75) is 25.9 Å². The minimum atomic E-state index is 0.294. The maximum atomic E-state index is 11.5. The molecule has 0 fully saturated rings. The minimum absolute atomic E-state index is 0.294. The van der Waals surface area contributed by atoms with Gasteiger partial charge in [-0.05, 0) is 35.2 Å². The lowest BCUT2D eigenvalue weighted by molar-refractivity contribution is -0.118. The molecule has 0 saturated carbocycles. The summed E-state index contributed by atoms with van der Waals surface area (Å²) < 4.78 is 11.3. The van der Waals surface area contributed by atoms with E-state index in [0.717, 1.165) is 23.3 Å². The zero-order valence-corrected chi connectivity index (χ0v) is 12.1. The molecular formula is C18H18O3. The van der Waals surface area contributed by atoms with E-state index in [0.29, 0.717) is 31.0 Å². The number of benzene rings is 2. The lowest BCUT2D eigenvalue weighted by atomic mass is 9.90. The Kier molecular flexibility index (Phi) is 3.91. The van der Waals surface area contributed by atoms with Gasteiger partial charge in [-0.2, -0.15) is 0 Å². The van der Waals surface area contributed by atoms with Crippen molar-refractivity contribution in [3.63, 3.8) is 0 Å². The van der Waals surface area contributed by atoms with Crippen LogP contribution in [-0.4, -0.2) is 12.9 Å². The zero-order valence-electron chi connectivity index (χ0n) is 12.1. The third-order valence-electron chi connectivity index (χ3n) is 3.78. The van der Waals surface area contributed by atoms with Gasteiger partial charge in [0.15, 0.2) is 11.5 Å². The van der Waals surface area contributed by atoms with E-state index in [4.69, 9.17) is 9.47 Å². The Morgan fingerprint density at radius 3 is 2.52 bits per heavy atom. The lowest BCUT2D eigenvalue weighted by Crippen LogP contribution is -2.13. The normalized spacial score (nSPS) is 13.7. The molecule has 0 bridgehead atoms. The van der Waals surface area contributed by atoms with Gasteiger partial charge in [0, 0.05) is 12.8 Å². The van der Waals surface area contributed by atoms with Crippen molar-refractivity contribution < 1.29 is 14.3 Å². The van der Waals surface area contributed by atoms with E-state index in [1.807, 2.05) is 42.5 Å². The molecule has 3 rings (SSSR count). The monoisotopic (exact) mass is 282 g/mol. The molecule has 1 aliphatic rings. The number of aryl methyl sites for hydroxylation is 1. The fraction of sp³-hybridized carbons (Fsp3) is 0.278. The number of Topliss-reactive ketones (excluding diaryl/α,β-unsaturated/α-hetero) is 1. The van der Waals surface area contributed by atoms with Crippen LogP contribution in [0.15, 0.2) is 42.5 Å². The SMILES string of the molecule is COc1cc2c(cc1OCc1ccccc1)CCC(=O)C2. The number of fused-ring (bicyclic) bond motifs is 1. The van der Waals surface area contributed by atoms with Gasteiger partial charge >= 0.3 is 0 Å². The number of hydrogen-bond acceptors (Lipinski definition) is 3. The number of methoxy groups -OCH3 is 1. The number of rotatable bonds is 4. The Labute approximate surface area is 124 Å². The number of hydrogen-bond donors (Lipinski definition) is 0. The van der Waals surface area contributed by atoms with Gasteiger partial charge in [0.2, 0.25) is 0 Å². The summed E-state index contributed by atoms with van der Waals surface area (Å²) in [6.45, 7) is 0.509. The van der Waals surface area contributed by atoms with Crippen LogP contribution in [0.1, 0.15) is 23.1 Å². The fourth-order valence-corrected chi connectivity index (χ4v) is 2.62. The number of ketones is 1. The summed E-state index contributed by atoms with van der Waals surface area (Å²) in [5, 5.41) is 0. The van der Waals surface area contributed by atoms with Gasteiger partial charge in [-0.15, -0.1) is 0 Å². The predicted molar refractivity (Wildman–Crippen MR) is 80.8 cm³/mol. The van der Waals surface area contributed by atoms with E-state index >= 15 is 0 Å². The topological polar surface area (TPSA) is 35.5 Å². The van der Waals surface area contributed by atoms with Gasteiger partial charge in [-0.3, -0.25) is 4.79 Å². The molecule has 0 spiro atoms. The zero-order chi connectivity index (χ0) is 14.7. The van der Waals surface area contributed by atoms with Gasteiger partial charge in [0.25, 0.3) is 0 Å². The van der Waals surface area contributed by atoms with Crippen molar-refractivity contribution in [2.75, 3.05) is 7.11 Å². The summed E-state index contributed by atoms with van der Waals surface area (Å²) in [6, 6.07) is 14.0. The van der Waals surface area contributed by atoms with Crippen molar-refractivity contribution in [1.82, 2.24) is 0 Å². The second-order valence-electron chi connectivity index (χ2n) is 5.26. The molecule has 0 amide bonds. The van der Waals surface area contributed by atoms with Crippen LogP contribution < -0.4 is 9.47 Å². The molecule has 3 heteroatoms. The standard InChI is InChI=1S/C18H18O3/c1-20-17-11-15-9-16(19)8-7-14(15)10-18(17)21-12-13-5-3-2-4-6-13/h2-6,10-11H,7-9,12H2,1H3. The smallest absolute Gasteiger partial charge is 0.161 e.